The minimum Gasteiger partial charge on any atom is -0.388 e. The molecule has 1 rings (SSSR count). The van der Waals surface area contributed by atoms with Gasteiger partial charge in [-0.3, -0.25) is 4.79 Å². The molecule has 1 heterocycles. The van der Waals surface area contributed by atoms with Gasteiger partial charge in [0, 0.05) is 4.88 Å². The van der Waals surface area contributed by atoms with Gasteiger partial charge in [0.15, 0.2) is 5.78 Å². The Morgan fingerprint density at radius 1 is 1.64 bits per heavy atom. The molecule has 0 saturated carbocycles. The molecule has 60 valence electrons. The van der Waals surface area contributed by atoms with Gasteiger partial charge in [-0.05, 0) is 26.0 Å². The molecule has 11 heavy (non-hydrogen) atoms. The predicted molar refractivity (Wildman–Crippen MR) is 45.0 cm³/mol. The van der Waals surface area contributed by atoms with E-state index < -0.39 is 6.10 Å². The molecule has 0 aliphatic rings. The molecule has 2 nitrogen and oxygen atoms in total. The fourth-order valence-corrected chi connectivity index (χ4v) is 1.61. The Morgan fingerprint density at radius 2 is 2.27 bits per heavy atom. The molecule has 0 spiro atoms. The first-order valence-electron chi connectivity index (χ1n) is 3.40. The maximum Gasteiger partial charge on any atom is 0.169 e. The first kappa shape index (κ1) is 8.43. The van der Waals surface area contributed by atoms with Crippen LogP contribution in [0, 0.1) is 0 Å². The molecule has 0 bridgehead atoms. The molecule has 0 amide bonds. The van der Waals surface area contributed by atoms with Crippen molar-refractivity contribution in [1.82, 2.24) is 0 Å². The average molecular weight is 170 g/mol. The summed E-state index contributed by atoms with van der Waals surface area (Å²) in [5.74, 6) is 0.0573. The van der Waals surface area contributed by atoms with E-state index in [9.17, 15) is 4.79 Å². The van der Waals surface area contributed by atoms with Gasteiger partial charge in [-0.2, -0.15) is 0 Å². The highest BCUT2D eigenvalue weighted by Crippen LogP contribution is 2.22. The van der Waals surface area contributed by atoms with Crippen LogP contribution in [-0.2, 0) is 0 Å². The molecule has 1 aromatic rings. The van der Waals surface area contributed by atoms with Crippen LogP contribution in [0.1, 0.15) is 34.5 Å². The van der Waals surface area contributed by atoms with E-state index in [1.54, 1.807) is 19.1 Å². The normalized spacial score (nSPS) is 13.0. The predicted octanol–water partition coefficient (Wildman–Crippen LogP) is 2.00. The highest BCUT2D eigenvalue weighted by molar-refractivity contribution is 7.14. The molecule has 0 aliphatic carbocycles. The van der Waals surface area contributed by atoms with Crippen molar-refractivity contribution in [2.24, 2.45) is 0 Å². The van der Waals surface area contributed by atoms with Crippen LogP contribution in [0.5, 0.6) is 0 Å². The van der Waals surface area contributed by atoms with Crippen LogP contribution >= 0.6 is 11.3 Å². The van der Waals surface area contributed by atoms with Crippen molar-refractivity contribution in [2.75, 3.05) is 0 Å². The molecular formula is C8H10O2S. The fraction of sp³-hybridized carbons (Fsp3) is 0.375. The first-order chi connectivity index (χ1) is 5.11. The Labute approximate surface area is 69.5 Å². The van der Waals surface area contributed by atoms with Gasteiger partial charge in [0.2, 0.25) is 0 Å². The number of carbonyl (C=O) groups is 1. The van der Waals surface area contributed by atoms with E-state index in [1.165, 1.54) is 18.3 Å². The van der Waals surface area contributed by atoms with E-state index in [-0.39, 0.29) is 5.78 Å². The van der Waals surface area contributed by atoms with Crippen LogP contribution in [0.3, 0.4) is 0 Å². The summed E-state index contributed by atoms with van der Waals surface area (Å²) in [6.07, 6.45) is -0.465. The smallest absolute Gasteiger partial charge is 0.169 e. The average Bonchev–Trinajstić information content (AvgIpc) is 2.33. The second kappa shape index (κ2) is 3.15. The molecule has 1 atom stereocenters. The van der Waals surface area contributed by atoms with Crippen molar-refractivity contribution in [3.8, 4) is 0 Å². The summed E-state index contributed by atoms with van der Waals surface area (Å²) in [4.78, 5) is 12.4. The summed E-state index contributed by atoms with van der Waals surface area (Å²) < 4.78 is 0. The lowest BCUT2D eigenvalue weighted by atomic mass is 10.3. The number of hydrogen-bond donors (Lipinski definition) is 1. The van der Waals surface area contributed by atoms with E-state index in [0.717, 1.165) is 4.88 Å². The standard InChI is InChI=1S/C8H10O2S/c1-5(9)7-3-4-8(11-7)6(2)10/h3-5,9H,1-2H3. The zero-order chi connectivity index (χ0) is 8.43. The number of carbonyl (C=O) groups excluding carboxylic acids is 1. The lowest BCUT2D eigenvalue weighted by molar-refractivity contribution is 0.102. The van der Waals surface area contributed by atoms with Gasteiger partial charge in [-0.25, -0.2) is 0 Å². The Kier molecular flexibility index (Phi) is 2.42. The van der Waals surface area contributed by atoms with Gasteiger partial charge in [0.25, 0.3) is 0 Å². The number of thiophene rings is 1. The lowest BCUT2D eigenvalue weighted by Gasteiger charge is -1.96. The molecule has 0 aromatic carbocycles. The number of aliphatic hydroxyl groups is 1. The van der Waals surface area contributed by atoms with Gasteiger partial charge in [0.05, 0.1) is 11.0 Å². The number of aliphatic hydroxyl groups excluding tert-OH is 1. The van der Waals surface area contributed by atoms with E-state index >= 15 is 0 Å². The maximum absolute atomic E-state index is 10.8. The van der Waals surface area contributed by atoms with Crippen LogP contribution in [0.2, 0.25) is 0 Å². The maximum atomic E-state index is 10.8. The minimum absolute atomic E-state index is 0.0573. The number of hydrogen-bond acceptors (Lipinski definition) is 3. The van der Waals surface area contributed by atoms with Gasteiger partial charge in [-0.1, -0.05) is 0 Å². The Bertz CT molecular complexity index is 263. The molecule has 0 fully saturated rings. The molecule has 0 radical (unpaired) electrons. The third-order valence-electron chi connectivity index (χ3n) is 1.39. The summed E-state index contributed by atoms with van der Waals surface area (Å²) in [7, 11) is 0. The van der Waals surface area contributed by atoms with Gasteiger partial charge < -0.3 is 5.11 Å². The largest absolute Gasteiger partial charge is 0.388 e. The monoisotopic (exact) mass is 170 g/mol. The molecule has 1 aromatic heterocycles. The van der Waals surface area contributed by atoms with E-state index in [4.69, 9.17) is 5.11 Å². The molecular weight excluding hydrogens is 160 g/mol. The van der Waals surface area contributed by atoms with Crippen LogP contribution in [0.25, 0.3) is 0 Å². The van der Waals surface area contributed by atoms with Gasteiger partial charge in [-0.15, -0.1) is 11.3 Å². The van der Waals surface area contributed by atoms with Crippen molar-refractivity contribution < 1.29 is 9.90 Å². The topological polar surface area (TPSA) is 37.3 Å². The molecule has 0 aliphatic heterocycles. The summed E-state index contributed by atoms with van der Waals surface area (Å²) in [5.41, 5.74) is 0. The zero-order valence-corrected chi connectivity index (χ0v) is 7.31. The van der Waals surface area contributed by atoms with Crippen LogP contribution < -0.4 is 0 Å². The Hall–Kier alpha value is -0.670. The molecule has 1 N–H and O–H groups in total. The highest BCUT2D eigenvalue weighted by atomic mass is 32.1. The molecule has 0 saturated heterocycles. The second-order valence-corrected chi connectivity index (χ2v) is 3.55. The SMILES string of the molecule is CC(=O)c1ccc(C(C)O)s1. The third-order valence-corrected chi connectivity index (χ3v) is 2.74. The van der Waals surface area contributed by atoms with Crippen molar-refractivity contribution in [2.45, 2.75) is 20.0 Å². The quantitative estimate of drug-likeness (QED) is 0.689. The second-order valence-electron chi connectivity index (χ2n) is 2.43. The van der Waals surface area contributed by atoms with Gasteiger partial charge >= 0.3 is 0 Å². The number of rotatable bonds is 2. The number of Topliss-reactive ketones (excluding diaryl/α,β-unsaturated/α-hetero) is 1. The third kappa shape index (κ3) is 1.88. The Morgan fingerprint density at radius 3 is 2.55 bits per heavy atom. The summed E-state index contributed by atoms with van der Waals surface area (Å²) in [6, 6.07) is 3.53. The minimum atomic E-state index is -0.465. The summed E-state index contributed by atoms with van der Waals surface area (Å²) >= 11 is 1.35. The zero-order valence-electron chi connectivity index (χ0n) is 6.50. The lowest BCUT2D eigenvalue weighted by Crippen LogP contribution is -1.85. The molecule has 3 heteroatoms. The molecule has 1 unspecified atom stereocenters. The van der Waals surface area contributed by atoms with Crippen LogP contribution in [0.15, 0.2) is 12.1 Å². The number of ketones is 1. The van der Waals surface area contributed by atoms with E-state index in [0.29, 0.717) is 4.88 Å². The summed E-state index contributed by atoms with van der Waals surface area (Å²) in [6.45, 7) is 3.22. The Balaban J connectivity index is 2.90. The van der Waals surface area contributed by atoms with Crippen LogP contribution in [0.4, 0.5) is 0 Å². The van der Waals surface area contributed by atoms with Crippen LogP contribution in [-0.4, -0.2) is 10.9 Å². The van der Waals surface area contributed by atoms with E-state index in [2.05, 4.69) is 0 Å². The van der Waals surface area contributed by atoms with Crippen molar-refractivity contribution in [3.63, 3.8) is 0 Å². The highest BCUT2D eigenvalue weighted by Gasteiger charge is 2.07. The summed E-state index contributed by atoms with van der Waals surface area (Å²) in [5, 5.41) is 9.12. The van der Waals surface area contributed by atoms with Crippen molar-refractivity contribution in [3.05, 3.63) is 21.9 Å². The van der Waals surface area contributed by atoms with Crippen molar-refractivity contribution >= 4 is 17.1 Å². The van der Waals surface area contributed by atoms with Crippen molar-refractivity contribution in [1.29, 1.82) is 0 Å². The first-order valence-corrected chi connectivity index (χ1v) is 4.21. The van der Waals surface area contributed by atoms with Gasteiger partial charge in [0.1, 0.15) is 0 Å². The van der Waals surface area contributed by atoms with E-state index in [1.807, 2.05) is 0 Å². The fourth-order valence-electron chi connectivity index (χ4n) is 0.767.